The van der Waals surface area contributed by atoms with Crippen LogP contribution in [0.25, 0.3) is 22.3 Å². The van der Waals surface area contributed by atoms with E-state index >= 15 is 0 Å². The molecule has 14 nitrogen and oxygen atoms in total. The summed E-state index contributed by atoms with van der Waals surface area (Å²) in [6.45, 7) is 1.39. The molecular formula is C21H24O14. The van der Waals surface area contributed by atoms with Gasteiger partial charge < -0.3 is 65.7 Å². The number of aliphatic hydroxyl groups is 3. The summed E-state index contributed by atoms with van der Waals surface area (Å²) in [7, 11) is 0. The third-order valence-corrected chi connectivity index (χ3v) is 5.29. The number of aliphatic hydroxyl groups excluding tert-OH is 3. The number of hydrogen-bond acceptors (Lipinski definition) is 12. The number of aromatic hydroxyl groups is 5. The Morgan fingerprint density at radius 2 is 1.43 bits per heavy atom. The molecule has 5 atom stereocenters. The van der Waals surface area contributed by atoms with Crippen molar-refractivity contribution in [1.29, 1.82) is 0 Å². The molecule has 0 amide bonds. The average molecular weight is 500 g/mol. The van der Waals surface area contributed by atoms with Gasteiger partial charge in [0.1, 0.15) is 40.8 Å². The van der Waals surface area contributed by atoms with Crippen LogP contribution in [-0.2, 0) is 4.74 Å². The van der Waals surface area contributed by atoms with Crippen LogP contribution in [-0.4, -0.2) is 82.5 Å². The van der Waals surface area contributed by atoms with Crippen LogP contribution in [0.15, 0.2) is 33.5 Å². The van der Waals surface area contributed by atoms with E-state index in [-0.39, 0.29) is 22.1 Å². The van der Waals surface area contributed by atoms with Crippen molar-refractivity contribution in [2.45, 2.75) is 37.6 Å². The third-order valence-electron chi connectivity index (χ3n) is 5.29. The van der Waals surface area contributed by atoms with Crippen molar-refractivity contribution >= 4 is 11.0 Å². The fourth-order valence-electron chi connectivity index (χ4n) is 3.53. The van der Waals surface area contributed by atoms with Gasteiger partial charge in [-0.25, -0.2) is 0 Å². The minimum Gasteiger partial charge on any atom is -0.508 e. The zero-order valence-corrected chi connectivity index (χ0v) is 17.9. The summed E-state index contributed by atoms with van der Waals surface area (Å²) in [5.74, 6) is -4.55. The van der Waals surface area contributed by atoms with Crippen molar-refractivity contribution < 1.29 is 65.7 Å². The number of hydrogen-bond donors (Lipinski definition) is 8. The van der Waals surface area contributed by atoms with Gasteiger partial charge in [-0.2, -0.15) is 0 Å². The average Bonchev–Trinajstić information content (AvgIpc) is 2.74. The molecule has 14 heteroatoms. The first-order valence-electron chi connectivity index (χ1n) is 9.64. The maximum absolute atomic E-state index is 13.2. The van der Waals surface area contributed by atoms with Crippen molar-refractivity contribution in [2.75, 3.05) is 0 Å². The molecular weight excluding hydrogens is 476 g/mol. The smallest absolute Gasteiger partial charge is 0.239 e. The molecule has 2 aromatic carbocycles. The van der Waals surface area contributed by atoms with E-state index in [1.54, 1.807) is 0 Å². The topological polar surface area (TPSA) is 274 Å². The van der Waals surface area contributed by atoms with E-state index in [0.717, 1.165) is 24.3 Å². The highest BCUT2D eigenvalue weighted by atomic mass is 16.7. The Kier molecular flexibility index (Phi) is 7.71. The molecule has 0 bridgehead atoms. The van der Waals surface area contributed by atoms with E-state index in [4.69, 9.17) is 13.9 Å². The van der Waals surface area contributed by atoms with Crippen LogP contribution in [0.3, 0.4) is 0 Å². The zero-order chi connectivity index (χ0) is 24.2. The third kappa shape index (κ3) is 4.61. The molecule has 3 aromatic rings. The lowest BCUT2D eigenvalue weighted by Gasteiger charge is -2.38. The van der Waals surface area contributed by atoms with Crippen LogP contribution in [0.2, 0.25) is 0 Å². The first-order valence-corrected chi connectivity index (χ1v) is 9.64. The van der Waals surface area contributed by atoms with Gasteiger partial charge in [-0.3, -0.25) is 4.79 Å². The Balaban J connectivity index is 0.00000216. The Morgan fingerprint density at radius 3 is 2.03 bits per heavy atom. The SMILES string of the molecule is C[C@@H]1O[C@@H](Oc2c(-c3cc(O)c(O)c(O)c3)oc3cc(O)cc(O)c3c2=O)[C@H](O)[C@H](O)[C@H]1O.O.O. The van der Waals surface area contributed by atoms with E-state index in [0.29, 0.717) is 0 Å². The van der Waals surface area contributed by atoms with Crippen LogP contribution in [0.4, 0.5) is 0 Å². The molecule has 1 aliphatic heterocycles. The normalized spacial score (nSPS) is 23.8. The molecule has 12 N–H and O–H groups in total. The van der Waals surface area contributed by atoms with Crippen molar-refractivity contribution in [3.63, 3.8) is 0 Å². The van der Waals surface area contributed by atoms with E-state index in [1.165, 1.54) is 6.92 Å². The van der Waals surface area contributed by atoms with Gasteiger partial charge in [0, 0.05) is 17.7 Å². The Bertz CT molecular complexity index is 1260. The highest BCUT2D eigenvalue weighted by Gasteiger charge is 2.44. The van der Waals surface area contributed by atoms with Gasteiger partial charge in [-0.05, 0) is 19.1 Å². The quantitative estimate of drug-likeness (QED) is 0.192. The van der Waals surface area contributed by atoms with Gasteiger partial charge in [0.25, 0.3) is 0 Å². The van der Waals surface area contributed by atoms with Crippen molar-refractivity contribution in [1.82, 2.24) is 0 Å². The number of phenolic OH excluding ortho intramolecular Hbond substituents is 5. The van der Waals surface area contributed by atoms with Gasteiger partial charge in [0.05, 0.1) is 6.10 Å². The first kappa shape index (κ1) is 27.5. The van der Waals surface area contributed by atoms with Gasteiger partial charge in [-0.15, -0.1) is 0 Å². The second-order valence-electron chi connectivity index (χ2n) is 7.59. The summed E-state index contributed by atoms with van der Waals surface area (Å²) in [5, 5.41) is 79.1. The zero-order valence-electron chi connectivity index (χ0n) is 17.9. The Morgan fingerprint density at radius 1 is 0.829 bits per heavy atom. The van der Waals surface area contributed by atoms with Crippen molar-refractivity contribution in [3.05, 3.63) is 34.5 Å². The standard InChI is InChI=1S/C21H20O12.2H2O/c1-6-14(26)17(29)18(30)21(31-6)33-20-16(28)13-9(23)4-8(22)5-12(13)32-19(20)7-2-10(24)15(27)11(25)3-7;;/h2-6,14,17-18,21-27,29-30H,1H3;2*1H2/t6-,14-,17+,18+,21-;;/m0../s1. The molecule has 0 saturated carbocycles. The van der Waals surface area contributed by atoms with E-state index in [2.05, 4.69) is 0 Å². The Hall–Kier alpha value is -3.79. The van der Waals surface area contributed by atoms with E-state index < -0.39 is 81.8 Å². The summed E-state index contributed by atoms with van der Waals surface area (Å²) in [6.07, 6.45) is -7.59. The monoisotopic (exact) mass is 500 g/mol. The predicted molar refractivity (Wildman–Crippen MR) is 116 cm³/mol. The molecule has 2 heterocycles. The van der Waals surface area contributed by atoms with Gasteiger partial charge in [0.15, 0.2) is 23.0 Å². The maximum Gasteiger partial charge on any atom is 0.239 e. The highest BCUT2D eigenvalue weighted by molar-refractivity contribution is 5.88. The summed E-state index contributed by atoms with van der Waals surface area (Å²) < 4.78 is 16.5. The van der Waals surface area contributed by atoms with Crippen LogP contribution in [0, 0.1) is 0 Å². The lowest BCUT2D eigenvalue weighted by Crippen LogP contribution is -2.58. The molecule has 1 aromatic heterocycles. The van der Waals surface area contributed by atoms with Crippen LogP contribution in [0.1, 0.15) is 6.92 Å². The summed E-state index contributed by atoms with van der Waals surface area (Å²) in [4.78, 5) is 13.2. The molecule has 0 unspecified atom stereocenters. The molecule has 192 valence electrons. The fourth-order valence-corrected chi connectivity index (χ4v) is 3.53. The summed E-state index contributed by atoms with van der Waals surface area (Å²) in [6, 6.07) is 3.79. The predicted octanol–water partition coefficient (Wildman–Crippen LogP) is -1.46. The minimum absolute atomic E-state index is 0. The second-order valence-corrected chi connectivity index (χ2v) is 7.59. The molecule has 1 fully saturated rings. The molecule has 1 aliphatic rings. The maximum atomic E-state index is 13.2. The number of benzene rings is 2. The molecule has 0 radical (unpaired) electrons. The molecule has 4 rings (SSSR count). The molecule has 0 spiro atoms. The first-order chi connectivity index (χ1) is 15.5. The van der Waals surface area contributed by atoms with E-state index in [1.807, 2.05) is 0 Å². The molecule has 35 heavy (non-hydrogen) atoms. The van der Waals surface area contributed by atoms with Crippen molar-refractivity contribution in [2.24, 2.45) is 0 Å². The van der Waals surface area contributed by atoms with Gasteiger partial charge in [0.2, 0.25) is 17.5 Å². The number of phenols is 5. The van der Waals surface area contributed by atoms with Gasteiger partial charge >= 0.3 is 0 Å². The number of ether oxygens (including phenoxy) is 2. The second kappa shape index (κ2) is 9.83. The van der Waals surface area contributed by atoms with E-state index in [9.17, 15) is 45.6 Å². The summed E-state index contributed by atoms with van der Waals surface area (Å²) in [5.41, 5.74) is -1.45. The lowest BCUT2D eigenvalue weighted by molar-refractivity contribution is -0.268. The fraction of sp³-hybridized carbons (Fsp3) is 0.286. The largest absolute Gasteiger partial charge is 0.508 e. The number of fused-ring (bicyclic) bond motifs is 1. The number of rotatable bonds is 3. The summed E-state index contributed by atoms with van der Waals surface area (Å²) >= 11 is 0. The van der Waals surface area contributed by atoms with Crippen LogP contribution >= 0.6 is 0 Å². The van der Waals surface area contributed by atoms with Crippen molar-refractivity contribution in [3.8, 4) is 45.8 Å². The van der Waals surface area contributed by atoms with Crippen LogP contribution in [0.5, 0.6) is 34.5 Å². The minimum atomic E-state index is -1.80. The highest BCUT2D eigenvalue weighted by Crippen LogP contribution is 2.43. The molecule has 0 aliphatic carbocycles. The lowest BCUT2D eigenvalue weighted by atomic mass is 10.00. The molecule has 1 saturated heterocycles. The van der Waals surface area contributed by atoms with Gasteiger partial charge in [-0.1, -0.05) is 0 Å². The van der Waals surface area contributed by atoms with Crippen LogP contribution < -0.4 is 10.2 Å². The Labute approximate surface area is 195 Å².